The number of amides is 2. The average molecular weight is 532 g/mol. The number of aliphatic hydroxyl groups is 1. The average Bonchev–Trinajstić information content (AvgIpc) is 3.55. The third-order valence-corrected chi connectivity index (χ3v) is 6.99. The summed E-state index contributed by atoms with van der Waals surface area (Å²) in [6.07, 6.45) is 1.86. The Labute approximate surface area is 216 Å². The van der Waals surface area contributed by atoms with Crippen LogP contribution in [0, 0.1) is 25.6 Å². The monoisotopic (exact) mass is 531 g/mol. The first-order valence-electron chi connectivity index (χ1n) is 12.4. The molecule has 2 fully saturated rings. The highest BCUT2D eigenvalue weighted by Gasteiger charge is 2.51. The predicted octanol–water partition coefficient (Wildman–Crippen LogP) is 3.13. The molecule has 2 amide bonds. The molecule has 0 unspecified atom stereocenters. The minimum atomic E-state index is -3.40. The molecular weight excluding hydrogens is 503 g/mol. The van der Waals surface area contributed by atoms with E-state index in [2.05, 4.69) is 20.3 Å². The summed E-state index contributed by atoms with van der Waals surface area (Å²) in [5, 5.41) is 11.8. The number of nitrogens with one attached hydrogen (secondary N) is 2. The molecule has 0 bridgehead atoms. The molecule has 9 nitrogen and oxygen atoms in total. The minimum Gasteiger partial charge on any atom is -0.492 e. The Bertz CT molecular complexity index is 1420. The van der Waals surface area contributed by atoms with E-state index in [1.54, 1.807) is 26.0 Å². The lowest BCUT2D eigenvalue weighted by atomic mass is 10.0. The van der Waals surface area contributed by atoms with Crippen LogP contribution in [-0.4, -0.2) is 74.5 Å². The zero-order chi connectivity index (χ0) is 27.4. The molecule has 1 aliphatic carbocycles. The second-order valence-corrected chi connectivity index (χ2v) is 10.1. The van der Waals surface area contributed by atoms with Gasteiger partial charge < -0.3 is 25.0 Å². The van der Waals surface area contributed by atoms with Crippen molar-refractivity contribution in [2.75, 3.05) is 19.7 Å². The first-order chi connectivity index (χ1) is 18.0. The summed E-state index contributed by atoms with van der Waals surface area (Å²) >= 11 is 0. The number of fused-ring (bicyclic) bond motifs is 1. The number of likely N-dealkylation sites (tertiary alicyclic amines) is 1. The summed E-state index contributed by atoms with van der Waals surface area (Å²) < 4.78 is 50.7. The number of alkyl halides is 2. The van der Waals surface area contributed by atoms with Crippen molar-refractivity contribution >= 4 is 22.8 Å². The van der Waals surface area contributed by atoms with Gasteiger partial charge in [-0.1, -0.05) is 6.07 Å². The second-order valence-electron chi connectivity index (χ2n) is 10.1. The van der Waals surface area contributed by atoms with E-state index < -0.39 is 48.8 Å². The first-order valence-corrected chi connectivity index (χ1v) is 12.4. The van der Waals surface area contributed by atoms with Crippen LogP contribution >= 0.6 is 0 Å². The largest absolute Gasteiger partial charge is 0.492 e. The number of nitrogens with zero attached hydrogens (tertiary/aromatic N) is 3. The molecule has 5 rings (SSSR count). The third kappa shape index (κ3) is 4.68. The number of hydrogen-bond acceptors (Lipinski definition) is 6. The zero-order valence-electron chi connectivity index (χ0n) is 21.1. The van der Waals surface area contributed by atoms with Crippen LogP contribution in [0.5, 0.6) is 5.75 Å². The van der Waals surface area contributed by atoms with E-state index in [0.29, 0.717) is 29.5 Å². The van der Waals surface area contributed by atoms with Gasteiger partial charge in [-0.3, -0.25) is 9.59 Å². The molecule has 1 aromatic carbocycles. The third-order valence-electron chi connectivity index (χ3n) is 6.99. The van der Waals surface area contributed by atoms with Gasteiger partial charge in [0.2, 0.25) is 0 Å². The molecule has 0 radical (unpaired) electrons. The van der Waals surface area contributed by atoms with Crippen molar-refractivity contribution in [3.8, 4) is 17.0 Å². The van der Waals surface area contributed by atoms with Crippen molar-refractivity contribution in [3.05, 3.63) is 41.1 Å². The molecule has 2 atom stereocenters. The molecule has 3 aromatic rings. The molecule has 1 aliphatic heterocycles. The number of halogens is 3. The molecule has 1 saturated carbocycles. The van der Waals surface area contributed by atoms with E-state index >= 15 is 4.39 Å². The van der Waals surface area contributed by atoms with Crippen molar-refractivity contribution in [1.82, 2.24) is 25.2 Å². The van der Waals surface area contributed by atoms with Gasteiger partial charge >= 0.3 is 0 Å². The maximum absolute atomic E-state index is 15.4. The first kappa shape index (κ1) is 26.0. The van der Waals surface area contributed by atoms with Crippen molar-refractivity contribution in [2.45, 2.75) is 51.7 Å². The van der Waals surface area contributed by atoms with Gasteiger partial charge in [0.05, 0.1) is 29.8 Å². The summed E-state index contributed by atoms with van der Waals surface area (Å²) in [6, 6.07) is 1.63. The number of aryl methyl sites for hydroxylation is 2. The quantitative estimate of drug-likeness (QED) is 0.431. The van der Waals surface area contributed by atoms with E-state index in [9.17, 15) is 23.5 Å². The fraction of sp³-hybridized carbons (Fsp3) is 0.462. The zero-order valence-corrected chi connectivity index (χ0v) is 21.1. The lowest BCUT2D eigenvalue weighted by molar-refractivity contribution is -0.139. The molecule has 1 saturated heterocycles. The maximum Gasteiger partial charge on any atom is 0.286 e. The van der Waals surface area contributed by atoms with Gasteiger partial charge in [0, 0.05) is 12.2 Å². The molecule has 202 valence electrons. The normalized spacial score (nSPS) is 19.6. The van der Waals surface area contributed by atoms with E-state index in [0.717, 1.165) is 17.7 Å². The Balaban J connectivity index is 1.49. The Morgan fingerprint density at radius 2 is 2.03 bits per heavy atom. The lowest BCUT2D eigenvalue weighted by Crippen LogP contribution is -2.47. The number of hydrogen-bond donors (Lipinski definition) is 3. The SMILES string of the molecule is Cc1ccc(OCC2CC2)c(-c2ncnc3c(C(=O)N[C@@H]4CN(C(=O)[C@H](C)O)CC4(F)F)c(C)[nH]c23)c1F. The predicted molar refractivity (Wildman–Crippen MR) is 131 cm³/mol. The molecule has 38 heavy (non-hydrogen) atoms. The number of H-pyrrole nitrogens is 1. The van der Waals surface area contributed by atoms with Crippen LogP contribution in [0.4, 0.5) is 13.2 Å². The molecule has 0 spiro atoms. The fourth-order valence-corrected chi connectivity index (χ4v) is 4.68. The fourth-order valence-electron chi connectivity index (χ4n) is 4.68. The molecule has 3 heterocycles. The van der Waals surface area contributed by atoms with Gasteiger partial charge in [-0.15, -0.1) is 0 Å². The molecule has 3 N–H and O–H groups in total. The molecular formula is C26H28F3N5O4. The summed E-state index contributed by atoms with van der Waals surface area (Å²) in [5.41, 5.74) is 1.42. The molecule has 2 aromatic heterocycles. The summed E-state index contributed by atoms with van der Waals surface area (Å²) in [6.45, 7) is 3.46. The number of aromatic amines is 1. The van der Waals surface area contributed by atoms with Gasteiger partial charge in [0.1, 0.15) is 41.3 Å². The van der Waals surface area contributed by atoms with E-state index in [1.165, 1.54) is 13.3 Å². The Kier molecular flexibility index (Phi) is 6.54. The molecule has 12 heteroatoms. The van der Waals surface area contributed by atoms with E-state index in [-0.39, 0.29) is 27.9 Å². The summed E-state index contributed by atoms with van der Waals surface area (Å²) in [7, 11) is 0. The van der Waals surface area contributed by atoms with Gasteiger partial charge in [0.25, 0.3) is 17.7 Å². The van der Waals surface area contributed by atoms with Crippen molar-refractivity contribution in [1.29, 1.82) is 0 Å². The standard InChI is InChI=1S/C26H28F3N5O4/c1-12-4-7-16(38-9-15-5-6-15)19(20(12)27)22-23-21(30-11-31-22)18(13(2)32-23)24(36)33-17-8-34(10-26(17,28)29)25(37)14(3)35/h4,7,11,14-15,17,32,35H,5-6,8-10H2,1-3H3,(H,33,36)/t14-,17+/m0/s1. The van der Waals surface area contributed by atoms with E-state index in [4.69, 9.17) is 4.74 Å². The Hall–Kier alpha value is -3.67. The van der Waals surface area contributed by atoms with Gasteiger partial charge in [-0.2, -0.15) is 0 Å². The number of ether oxygens (including phenoxy) is 1. The van der Waals surface area contributed by atoms with Crippen LogP contribution in [0.25, 0.3) is 22.3 Å². The number of carbonyl (C=O) groups excluding carboxylic acids is 2. The smallest absolute Gasteiger partial charge is 0.286 e. The highest BCUT2D eigenvalue weighted by atomic mass is 19.3. The highest BCUT2D eigenvalue weighted by molar-refractivity contribution is 6.09. The number of carbonyl (C=O) groups is 2. The second kappa shape index (κ2) is 9.57. The van der Waals surface area contributed by atoms with Crippen LogP contribution in [0.1, 0.15) is 41.4 Å². The molecule has 2 aliphatic rings. The number of rotatable bonds is 7. The Morgan fingerprint density at radius 3 is 2.71 bits per heavy atom. The van der Waals surface area contributed by atoms with Crippen LogP contribution < -0.4 is 10.1 Å². The van der Waals surface area contributed by atoms with Crippen LogP contribution in [0.15, 0.2) is 18.5 Å². The van der Waals surface area contributed by atoms with Gasteiger partial charge in [-0.05, 0) is 51.2 Å². The Morgan fingerprint density at radius 1 is 1.29 bits per heavy atom. The lowest BCUT2D eigenvalue weighted by Gasteiger charge is -2.18. The number of aliphatic hydroxyl groups excluding tert-OH is 1. The van der Waals surface area contributed by atoms with Crippen molar-refractivity contribution in [2.24, 2.45) is 5.92 Å². The van der Waals surface area contributed by atoms with Gasteiger partial charge in [0.15, 0.2) is 0 Å². The van der Waals surface area contributed by atoms with Crippen molar-refractivity contribution in [3.63, 3.8) is 0 Å². The minimum absolute atomic E-state index is 0.00765. The highest BCUT2D eigenvalue weighted by Crippen LogP contribution is 2.39. The summed E-state index contributed by atoms with van der Waals surface area (Å²) in [4.78, 5) is 37.6. The summed E-state index contributed by atoms with van der Waals surface area (Å²) in [5.74, 6) is -4.86. The van der Waals surface area contributed by atoms with Crippen LogP contribution in [-0.2, 0) is 4.79 Å². The van der Waals surface area contributed by atoms with Crippen molar-refractivity contribution < 1.29 is 32.6 Å². The number of benzene rings is 1. The van der Waals surface area contributed by atoms with Gasteiger partial charge in [-0.25, -0.2) is 23.1 Å². The van der Waals surface area contributed by atoms with Crippen LogP contribution in [0.2, 0.25) is 0 Å². The topological polar surface area (TPSA) is 120 Å². The number of aromatic nitrogens is 3. The van der Waals surface area contributed by atoms with Crippen LogP contribution in [0.3, 0.4) is 0 Å². The maximum atomic E-state index is 15.4. The van der Waals surface area contributed by atoms with E-state index in [1.807, 2.05) is 0 Å².